The van der Waals surface area contributed by atoms with Crippen LogP contribution in [-0.4, -0.2) is 19.0 Å². The number of esters is 1. The summed E-state index contributed by atoms with van der Waals surface area (Å²) in [6, 6.07) is 12.8. The first-order chi connectivity index (χ1) is 11.1. The summed E-state index contributed by atoms with van der Waals surface area (Å²) in [5.41, 5.74) is 3.17. The van der Waals surface area contributed by atoms with Gasteiger partial charge in [-0.15, -0.1) is 0 Å². The maximum atomic E-state index is 12.2. The van der Waals surface area contributed by atoms with E-state index in [1.165, 1.54) is 0 Å². The molecule has 1 aliphatic heterocycles. The van der Waals surface area contributed by atoms with Gasteiger partial charge in [0, 0.05) is 11.6 Å². The predicted octanol–water partition coefficient (Wildman–Crippen LogP) is 2.78. The number of anilines is 1. The Morgan fingerprint density at radius 2 is 2.00 bits per heavy atom. The van der Waals surface area contributed by atoms with Gasteiger partial charge in [0.15, 0.2) is 0 Å². The number of carbonyl (C=O) groups is 2. The van der Waals surface area contributed by atoms with Gasteiger partial charge in [-0.1, -0.05) is 24.3 Å². The summed E-state index contributed by atoms with van der Waals surface area (Å²) < 4.78 is 10.5. The van der Waals surface area contributed by atoms with Gasteiger partial charge in [0.25, 0.3) is 5.91 Å². The SMILES string of the molecule is COc1ccc2c(c1)NC(=O)[C@@H]2OC(=O)Cc1ccccc1C. The van der Waals surface area contributed by atoms with Crippen LogP contribution < -0.4 is 10.1 Å². The number of rotatable bonds is 4. The molecule has 0 saturated heterocycles. The van der Waals surface area contributed by atoms with Gasteiger partial charge >= 0.3 is 5.97 Å². The summed E-state index contributed by atoms with van der Waals surface area (Å²) >= 11 is 0. The molecule has 0 unspecified atom stereocenters. The van der Waals surface area contributed by atoms with Crippen LogP contribution >= 0.6 is 0 Å². The van der Waals surface area contributed by atoms with E-state index < -0.39 is 12.1 Å². The average Bonchev–Trinajstić information content (AvgIpc) is 2.84. The Labute approximate surface area is 134 Å². The van der Waals surface area contributed by atoms with Crippen LogP contribution in [-0.2, 0) is 20.7 Å². The monoisotopic (exact) mass is 311 g/mol. The zero-order valence-electron chi connectivity index (χ0n) is 13.0. The molecule has 0 fully saturated rings. The van der Waals surface area contributed by atoms with Gasteiger partial charge in [-0.05, 0) is 30.2 Å². The van der Waals surface area contributed by atoms with Gasteiger partial charge in [-0.25, -0.2) is 0 Å². The molecule has 3 rings (SSSR count). The first-order valence-corrected chi connectivity index (χ1v) is 7.31. The molecular weight excluding hydrogens is 294 g/mol. The van der Waals surface area contributed by atoms with Crippen LogP contribution in [0.15, 0.2) is 42.5 Å². The second kappa shape index (κ2) is 6.12. The Bertz CT molecular complexity index is 769. The molecule has 5 nitrogen and oxygen atoms in total. The highest BCUT2D eigenvalue weighted by Crippen LogP contribution is 2.36. The summed E-state index contributed by atoms with van der Waals surface area (Å²) in [6.07, 6.45) is -0.769. The average molecular weight is 311 g/mol. The number of ether oxygens (including phenoxy) is 2. The fourth-order valence-corrected chi connectivity index (χ4v) is 2.59. The molecule has 1 amide bonds. The van der Waals surface area contributed by atoms with Crippen molar-refractivity contribution in [1.29, 1.82) is 0 Å². The van der Waals surface area contributed by atoms with Crippen molar-refractivity contribution in [2.45, 2.75) is 19.4 Å². The molecule has 0 saturated carbocycles. The molecular formula is C18H17NO4. The van der Waals surface area contributed by atoms with Crippen molar-refractivity contribution in [3.63, 3.8) is 0 Å². The van der Waals surface area contributed by atoms with Gasteiger partial charge in [0.05, 0.1) is 19.2 Å². The number of fused-ring (bicyclic) bond motifs is 1. The molecule has 2 aromatic rings. The summed E-state index contributed by atoms with van der Waals surface area (Å²) in [5, 5.41) is 2.71. The van der Waals surface area contributed by atoms with E-state index in [0.29, 0.717) is 17.0 Å². The Kier molecular flexibility index (Phi) is 4.02. The van der Waals surface area contributed by atoms with Crippen LogP contribution in [0.3, 0.4) is 0 Å². The molecule has 0 radical (unpaired) electrons. The standard InChI is InChI=1S/C18H17NO4/c1-11-5-3-4-6-12(11)9-16(20)23-17-14-8-7-13(22-2)10-15(14)19-18(17)21/h3-8,10,17H,9H2,1-2H3,(H,19,21)/t17-/m1/s1. The number of nitrogens with one attached hydrogen (secondary N) is 1. The molecule has 23 heavy (non-hydrogen) atoms. The lowest BCUT2D eigenvalue weighted by Gasteiger charge is -2.12. The summed E-state index contributed by atoms with van der Waals surface area (Å²) in [5.74, 6) is -0.134. The third kappa shape index (κ3) is 3.04. The van der Waals surface area contributed by atoms with E-state index in [2.05, 4.69) is 5.32 Å². The highest BCUT2D eigenvalue weighted by atomic mass is 16.5. The third-order valence-corrected chi connectivity index (χ3v) is 3.88. The second-order valence-corrected chi connectivity index (χ2v) is 5.42. The van der Waals surface area contributed by atoms with Crippen molar-refractivity contribution >= 4 is 17.6 Å². The van der Waals surface area contributed by atoms with E-state index in [0.717, 1.165) is 11.1 Å². The zero-order chi connectivity index (χ0) is 16.4. The lowest BCUT2D eigenvalue weighted by Crippen LogP contribution is -2.20. The Hall–Kier alpha value is -2.82. The molecule has 0 aromatic heterocycles. The van der Waals surface area contributed by atoms with Crippen molar-refractivity contribution in [2.75, 3.05) is 12.4 Å². The second-order valence-electron chi connectivity index (χ2n) is 5.42. The maximum Gasteiger partial charge on any atom is 0.311 e. The van der Waals surface area contributed by atoms with Crippen molar-refractivity contribution in [1.82, 2.24) is 0 Å². The van der Waals surface area contributed by atoms with Crippen molar-refractivity contribution in [3.8, 4) is 5.75 Å². The number of methoxy groups -OCH3 is 1. The number of hydrogen-bond donors (Lipinski definition) is 1. The number of hydrogen-bond acceptors (Lipinski definition) is 4. The van der Waals surface area contributed by atoms with Crippen molar-refractivity contribution in [2.24, 2.45) is 0 Å². The van der Waals surface area contributed by atoms with Crippen molar-refractivity contribution in [3.05, 3.63) is 59.2 Å². The molecule has 0 spiro atoms. The van der Waals surface area contributed by atoms with E-state index in [4.69, 9.17) is 9.47 Å². The fraction of sp³-hybridized carbons (Fsp3) is 0.222. The van der Waals surface area contributed by atoms with Crippen LogP contribution in [0.1, 0.15) is 22.8 Å². The topological polar surface area (TPSA) is 64.6 Å². The zero-order valence-corrected chi connectivity index (χ0v) is 13.0. The molecule has 1 heterocycles. The lowest BCUT2D eigenvalue weighted by atomic mass is 10.1. The van der Waals surface area contributed by atoms with E-state index in [1.807, 2.05) is 31.2 Å². The molecule has 0 bridgehead atoms. The number of carbonyl (C=O) groups excluding carboxylic acids is 2. The summed E-state index contributed by atoms with van der Waals surface area (Å²) in [6.45, 7) is 1.94. The van der Waals surface area contributed by atoms with Gasteiger partial charge in [0.1, 0.15) is 5.75 Å². The lowest BCUT2D eigenvalue weighted by molar-refractivity contribution is -0.153. The Morgan fingerprint density at radius 3 is 2.74 bits per heavy atom. The largest absolute Gasteiger partial charge is 0.497 e. The minimum Gasteiger partial charge on any atom is -0.497 e. The van der Waals surface area contributed by atoms with Crippen LogP contribution in [0.5, 0.6) is 5.75 Å². The van der Waals surface area contributed by atoms with Gasteiger partial charge in [0.2, 0.25) is 6.10 Å². The predicted molar refractivity (Wildman–Crippen MR) is 85.3 cm³/mol. The Balaban J connectivity index is 1.75. The molecule has 2 aromatic carbocycles. The van der Waals surface area contributed by atoms with Crippen molar-refractivity contribution < 1.29 is 19.1 Å². The fourth-order valence-electron chi connectivity index (χ4n) is 2.59. The number of amides is 1. The minimum atomic E-state index is -0.910. The smallest absolute Gasteiger partial charge is 0.311 e. The van der Waals surface area contributed by atoms with Gasteiger partial charge in [-0.3, -0.25) is 9.59 Å². The molecule has 1 N–H and O–H groups in total. The minimum absolute atomic E-state index is 0.141. The molecule has 0 aliphatic carbocycles. The molecule has 118 valence electrons. The normalized spacial score (nSPS) is 15.7. The molecule has 1 atom stereocenters. The van der Waals surface area contributed by atoms with E-state index >= 15 is 0 Å². The van der Waals surface area contributed by atoms with Crippen LogP contribution in [0, 0.1) is 6.92 Å². The van der Waals surface area contributed by atoms with E-state index in [1.54, 1.807) is 25.3 Å². The van der Waals surface area contributed by atoms with E-state index in [9.17, 15) is 9.59 Å². The maximum absolute atomic E-state index is 12.2. The first kappa shape index (κ1) is 15.1. The van der Waals surface area contributed by atoms with Gasteiger partial charge in [-0.2, -0.15) is 0 Å². The van der Waals surface area contributed by atoms with Gasteiger partial charge < -0.3 is 14.8 Å². The van der Waals surface area contributed by atoms with Crippen LogP contribution in [0.4, 0.5) is 5.69 Å². The molecule has 5 heteroatoms. The number of benzene rings is 2. The summed E-state index contributed by atoms with van der Waals surface area (Å²) in [7, 11) is 1.55. The summed E-state index contributed by atoms with van der Waals surface area (Å²) in [4.78, 5) is 24.2. The highest BCUT2D eigenvalue weighted by molar-refractivity contribution is 6.03. The number of aryl methyl sites for hydroxylation is 1. The van der Waals surface area contributed by atoms with E-state index in [-0.39, 0.29) is 12.3 Å². The third-order valence-electron chi connectivity index (χ3n) is 3.88. The quantitative estimate of drug-likeness (QED) is 0.882. The first-order valence-electron chi connectivity index (χ1n) is 7.31. The Morgan fingerprint density at radius 1 is 1.22 bits per heavy atom. The highest BCUT2D eigenvalue weighted by Gasteiger charge is 2.34. The van der Waals surface area contributed by atoms with Crippen LogP contribution in [0.25, 0.3) is 0 Å². The molecule has 1 aliphatic rings. The van der Waals surface area contributed by atoms with Crippen LogP contribution in [0.2, 0.25) is 0 Å².